The molecule has 1 aromatic rings. The maximum absolute atomic E-state index is 12.3. The van der Waals surface area contributed by atoms with Crippen molar-refractivity contribution in [2.75, 3.05) is 30.4 Å². The van der Waals surface area contributed by atoms with Crippen molar-refractivity contribution >= 4 is 27.3 Å². The van der Waals surface area contributed by atoms with Crippen LogP contribution in [0.5, 0.6) is 0 Å². The number of likely N-dealkylation sites (tertiary alicyclic amines) is 1. The number of para-hydroxylation sites is 1. The van der Waals surface area contributed by atoms with Crippen LogP contribution in [0.2, 0.25) is 0 Å². The van der Waals surface area contributed by atoms with Crippen LogP contribution < -0.4 is 5.32 Å². The van der Waals surface area contributed by atoms with Gasteiger partial charge in [-0.3, -0.25) is 9.59 Å². The van der Waals surface area contributed by atoms with Gasteiger partial charge in [0.2, 0.25) is 11.8 Å². The number of amides is 2. The van der Waals surface area contributed by atoms with Crippen LogP contribution in [0.15, 0.2) is 30.3 Å². The Labute approximate surface area is 136 Å². The second-order valence-electron chi connectivity index (χ2n) is 5.91. The SMILES string of the molecule is CS(=O)(=O)CCC(=O)N1CCCC(C(=O)Nc2ccccc2)C1. The highest BCUT2D eigenvalue weighted by Crippen LogP contribution is 2.19. The molecule has 1 aliphatic heterocycles. The number of carbonyl (C=O) groups excluding carboxylic acids is 2. The number of carbonyl (C=O) groups is 2. The number of hydrogen-bond acceptors (Lipinski definition) is 4. The van der Waals surface area contributed by atoms with Crippen molar-refractivity contribution < 1.29 is 18.0 Å². The molecule has 2 amide bonds. The molecule has 1 saturated heterocycles. The van der Waals surface area contributed by atoms with Gasteiger partial charge in [-0.2, -0.15) is 0 Å². The number of nitrogens with one attached hydrogen (secondary N) is 1. The zero-order valence-corrected chi connectivity index (χ0v) is 14.0. The van der Waals surface area contributed by atoms with E-state index in [4.69, 9.17) is 0 Å². The lowest BCUT2D eigenvalue weighted by Crippen LogP contribution is -2.44. The van der Waals surface area contributed by atoms with Crippen LogP contribution in [0.25, 0.3) is 0 Å². The summed E-state index contributed by atoms with van der Waals surface area (Å²) in [7, 11) is -3.16. The highest BCUT2D eigenvalue weighted by Gasteiger charge is 2.28. The van der Waals surface area contributed by atoms with E-state index in [-0.39, 0.29) is 29.9 Å². The number of sulfone groups is 1. The average Bonchev–Trinajstić information content (AvgIpc) is 2.53. The smallest absolute Gasteiger partial charge is 0.229 e. The average molecular weight is 338 g/mol. The van der Waals surface area contributed by atoms with E-state index in [1.54, 1.807) is 4.90 Å². The van der Waals surface area contributed by atoms with Gasteiger partial charge < -0.3 is 10.2 Å². The zero-order valence-electron chi connectivity index (χ0n) is 13.2. The Bertz CT molecular complexity index is 658. The Kier molecular flexibility index (Phi) is 5.76. The zero-order chi connectivity index (χ0) is 16.9. The Balaban J connectivity index is 1.89. The summed E-state index contributed by atoms with van der Waals surface area (Å²) >= 11 is 0. The van der Waals surface area contributed by atoms with Gasteiger partial charge in [0.25, 0.3) is 0 Å². The first-order chi connectivity index (χ1) is 10.8. The third-order valence-electron chi connectivity index (χ3n) is 3.87. The van der Waals surface area contributed by atoms with Crippen LogP contribution in [0.3, 0.4) is 0 Å². The molecule has 7 heteroatoms. The minimum absolute atomic E-state index is 0.0220. The first-order valence-electron chi connectivity index (χ1n) is 7.66. The van der Waals surface area contributed by atoms with Gasteiger partial charge in [-0.15, -0.1) is 0 Å². The monoisotopic (exact) mass is 338 g/mol. The lowest BCUT2D eigenvalue weighted by molar-refractivity contribution is -0.134. The summed E-state index contributed by atoms with van der Waals surface area (Å²) in [6, 6.07) is 9.19. The number of anilines is 1. The summed E-state index contributed by atoms with van der Waals surface area (Å²) in [5.74, 6) is -0.709. The minimum Gasteiger partial charge on any atom is -0.342 e. The Morgan fingerprint density at radius 2 is 1.96 bits per heavy atom. The normalized spacial score (nSPS) is 18.5. The van der Waals surface area contributed by atoms with Gasteiger partial charge in [0.1, 0.15) is 9.84 Å². The number of piperidine rings is 1. The molecule has 6 nitrogen and oxygen atoms in total. The standard InChI is InChI=1S/C16H22N2O4S/c1-23(21,22)11-9-15(19)18-10-5-6-13(12-18)16(20)17-14-7-3-2-4-8-14/h2-4,7-8,13H,5-6,9-12H2,1H3,(H,17,20). The number of hydrogen-bond donors (Lipinski definition) is 1. The second-order valence-corrected chi connectivity index (χ2v) is 8.17. The Hall–Kier alpha value is -1.89. The van der Waals surface area contributed by atoms with Gasteiger partial charge in [0.15, 0.2) is 0 Å². The molecule has 0 aliphatic carbocycles. The van der Waals surface area contributed by atoms with E-state index in [1.165, 1.54) is 0 Å². The molecule has 0 bridgehead atoms. The van der Waals surface area contributed by atoms with Crippen molar-refractivity contribution in [1.82, 2.24) is 4.90 Å². The van der Waals surface area contributed by atoms with Crippen molar-refractivity contribution in [3.63, 3.8) is 0 Å². The Morgan fingerprint density at radius 1 is 1.26 bits per heavy atom. The van der Waals surface area contributed by atoms with Crippen molar-refractivity contribution in [2.45, 2.75) is 19.3 Å². The summed E-state index contributed by atoms with van der Waals surface area (Å²) in [6.45, 7) is 0.930. The van der Waals surface area contributed by atoms with Gasteiger partial charge in [0.05, 0.1) is 11.7 Å². The van der Waals surface area contributed by atoms with Crippen LogP contribution >= 0.6 is 0 Å². The molecule has 23 heavy (non-hydrogen) atoms. The van der Waals surface area contributed by atoms with Gasteiger partial charge in [-0.25, -0.2) is 8.42 Å². The molecule has 0 aromatic heterocycles. The molecular weight excluding hydrogens is 316 g/mol. The number of nitrogens with zero attached hydrogens (tertiary/aromatic N) is 1. The van der Waals surface area contributed by atoms with Crippen LogP contribution in [-0.4, -0.2) is 50.2 Å². The quantitative estimate of drug-likeness (QED) is 0.877. The first-order valence-corrected chi connectivity index (χ1v) is 9.72. The number of rotatable bonds is 5. The molecule has 2 rings (SSSR count). The first kappa shape index (κ1) is 17.5. The fourth-order valence-corrected chi connectivity index (χ4v) is 3.16. The molecule has 1 fully saturated rings. The van der Waals surface area contributed by atoms with E-state index in [9.17, 15) is 18.0 Å². The molecule has 1 aromatic carbocycles. The van der Waals surface area contributed by atoms with E-state index in [2.05, 4.69) is 5.32 Å². The molecule has 1 atom stereocenters. The summed E-state index contributed by atoms with van der Waals surface area (Å²) in [5, 5.41) is 2.85. The van der Waals surface area contributed by atoms with Crippen molar-refractivity contribution in [1.29, 1.82) is 0 Å². The molecule has 126 valence electrons. The lowest BCUT2D eigenvalue weighted by atomic mass is 9.96. The van der Waals surface area contributed by atoms with Crippen LogP contribution in [-0.2, 0) is 19.4 Å². The van der Waals surface area contributed by atoms with Crippen LogP contribution in [0.1, 0.15) is 19.3 Å². The number of benzene rings is 1. The van der Waals surface area contributed by atoms with Crippen LogP contribution in [0.4, 0.5) is 5.69 Å². The van der Waals surface area contributed by atoms with E-state index in [1.807, 2.05) is 30.3 Å². The largest absolute Gasteiger partial charge is 0.342 e. The van der Waals surface area contributed by atoms with E-state index < -0.39 is 9.84 Å². The van der Waals surface area contributed by atoms with Crippen LogP contribution in [0, 0.1) is 5.92 Å². The molecule has 1 unspecified atom stereocenters. The van der Waals surface area contributed by atoms with Gasteiger partial charge in [0, 0.05) is 31.5 Å². The summed E-state index contributed by atoms with van der Waals surface area (Å²) in [4.78, 5) is 26.0. The second kappa shape index (κ2) is 7.59. The van der Waals surface area contributed by atoms with Crippen molar-refractivity contribution in [3.8, 4) is 0 Å². The maximum Gasteiger partial charge on any atom is 0.229 e. The fourth-order valence-electron chi connectivity index (χ4n) is 2.61. The van der Waals surface area contributed by atoms with Gasteiger partial charge in [-0.1, -0.05) is 18.2 Å². The predicted molar refractivity (Wildman–Crippen MR) is 88.7 cm³/mol. The third kappa shape index (κ3) is 5.67. The van der Waals surface area contributed by atoms with E-state index in [0.717, 1.165) is 24.8 Å². The van der Waals surface area contributed by atoms with Crippen molar-refractivity contribution in [3.05, 3.63) is 30.3 Å². The summed E-state index contributed by atoms with van der Waals surface area (Å²) < 4.78 is 22.3. The van der Waals surface area contributed by atoms with E-state index >= 15 is 0 Å². The molecule has 0 spiro atoms. The molecule has 1 N–H and O–H groups in total. The minimum atomic E-state index is -3.16. The molecule has 1 aliphatic rings. The fraction of sp³-hybridized carbons (Fsp3) is 0.500. The molecule has 1 heterocycles. The van der Waals surface area contributed by atoms with Crippen molar-refractivity contribution in [2.24, 2.45) is 5.92 Å². The highest BCUT2D eigenvalue weighted by atomic mass is 32.2. The third-order valence-corrected chi connectivity index (χ3v) is 4.82. The lowest BCUT2D eigenvalue weighted by Gasteiger charge is -2.32. The molecular formula is C16H22N2O4S. The maximum atomic E-state index is 12.3. The Morgan fingerprint density at radius 3 is 2.61 bits per heavy atom. The summed E-state index contributed by atoms with van der Waals surface area (Å²) in [6.07, 6.45) is 2.57. The highest BCUT2D eigenvalue weighted by molar-refractivity contribution is 7.90. The molecule has 0 radical (unpaired) electrons. The van der Waals surface area contributed by atoms with Gasteiger partial charge >= 0.3 is 0 Å². The predicted octanol–water partition coefficient (Wildman–Crippen LogP) is 1.30. The van der Waals surface area contributed by atoms with E-state index in [0.29, 0.717) is 13.1 Å². The van der Waals surface area contributed by atoms with Gasteiger partial charge in [-0.05, 0) is 25.0 Å². The molecule has 0 saturated carbocycles. The summed E-state index contributed by atoms with van der Waals surface area (Å²) in [5.41, 5.74) is 0.734. The topological polar surface area (TPSA) is 83.6 Å².